The Hall–Kier alpha value is -3.17. The van der Waals surface area contributed by atoms with E-state index in [0.717, 1.165) is 0 Å². The number of nitrogens with one attached hydrogen (secondary N) is 2. The fourth-order valence-electron chi connectivity index (χ4n) is 2.03. The van der Waals surface area contributed by atoms with Crippen LogP contribution in [-0.4, -0.2) is 51.0 Å². The SMILES string of the molecule is CCOC(=O)c1cc(C(=O)Nc2cn(C)nc2C(=O)NC)nn1C. The summed E-state index contributed by atoms with van der Waals surface area (Å²) in [5.41, 5.74) is 0.493. The quantitative estimate of drug-likeness (QED) is 0.739. The Morgan fingerprint density at radius 3 is 2.54 bits per heavy atom. The highest BCUT2D eigenvalue weighted by Crippen LogP contribution is 2.15. The second kappa shape index (κ2) is 6.94. The van der Waals surface area contributed by atoms with E-state index in [1.54, 1.807) is 14.0 Å². The molecule has 0 aliphatic heterocycles. The van der Waals surface area contributed by atoms with E-state index >= 15 is 0 Å². The average Bonchev–Trinajstić information content (AvgIpc) is 3.09. The summed E-state index contributed by atoms with van der Waals surface area (Å²) < 4.78 is 7.56. The Kier molecular flexibility index (Phi) is 4.97. The molecule has 128 valence electrons. The molecule has 2 amide bonds. The largest absolute Gasteiger partial charge is 0.461 e. The zero-order valence-electron chi connectivity index (χ0n) is 13.8. The van der Waals surface area contributed by atoms with Gasteiger partial charge in [-0.2, -0.15) is 10.2 Å². The number of nitrogens with zero attached hydrogens (tertiary/aromatic N) is 4. The standard InChI is InChI=1S/C14H18N6O4/c1-5-24-14(23)10-6-8(17-20(10)4)12(21)16-9-7-19(3)18-11(9)13(22)15-2/h6-7H,5H2,1-4H3,(H,15,22)(H,16,21). The van der Waals surface area contributed by atoms with Crippen LogP contribution in [0.15, 0.2) is 12.3 Å². The molecule has 24 heavy (non-hydrogen) atoms. The summed E-state index contributed by atoms with van der Waals surface area (Å²) in [6.07, 6.45) is 1.50. The lowest BCUT2D eigenvalue weighted by Crippen LogP contribution is -2.21. The summed E-state index contributed by atoms with van der Waals surface area (Å²) in [7, 11) is 4.62. The third-order valence-corrected chi connectivity index (χ3v) is 3.12. The van der Waals surface area contributed by atoms with Gasteiger partial charge < -0.3 is 15.4 Å². The first-order valence-electron chi connectivity index (χ1n) is 7.15. The first kappa shape index (κ1) is 17.2. The highest BCUT2D eigenvalue weighted by atomic mass is 16.5. The number of aromatic nitrogens is 4. The minimum absolute atomic E-state index is 0.0206. The van der Waals surface area contributed by atoms with Gasteiger partial charge in [-0.1, -0.05) is 0 Å². The van der Waals surface area contributed by atoms with E-state index in [-0.39, 0.29) is 29.4 Å². The normalized spacial score (nSPS) is 10.3. The van der Waals surface area contributed by atoms with Gasteiger partial charge in [-0.15, -0.1) is 0 Å². The molecular weight excluding hydrogens is 316 g/mol. The minimum Gasteiger partial charge on any atom is -0.461 e. The third kappa shape index (κ3) is 3.42. The van der Waals surface area contributed by atoms with E-state index < -0.39 is 17.8 Å². The molecule has 0 aromatic carbocycles. The topological polar surface area (TPSA) is 120 Å². The summed E-state index contributed by atoms with van der Waals surface area (Å²) in [4.78, 5) is 35.9. The van der Waals surface area contributed by atoms with Crippen molar-refractivity contribution in [2.75, 3.05) is 19.0 Å². The van der Waals surface area contributed by atoms with Crippen LogP contribution in [0.4, 0.5) is 5.69 Å². The predicted molar refractivity (Wildman–Crippen MR) is 83.7 cm³/mol. The lowest BCUT2D eigenvalue weighted by atomic mass is 10.3. The fraction of sp³-hybridized carbons (Fsp3) is 0.357. The molecule has 2 aromatic heterocycles. The number of hydrogen-bond acceptors (Lipinski definition) is 6. The molecule has 2 rings (SSSR count). The van der Waals surface area contributed by atoms with Crippen LogP contribution in [0.1, 0.15) is 38.4 Å². The lowest BCUT2D eigenvalue weighted by molar-refractivity contribution is 0.0513. The Morgan fingerprint density at radius 1 is 1.21 bits per heavy atom. The van der Waals surface area contributed by atoms with E-state index in [2.05, 4.69) is 20.8 Å². The maximum atomic E-state index is 12.3. The van der Waals surface area contributed by atoms with Gasteiger partial charge in [-0.05, 0) is 6.92 Å². The van der Waals surface area contributed by atoms with Crippen LogP contribution in [0.5, 0.6) is 0 Å². The number of anilines is 1. The van der Waals surface area contributed by atoms with Crippen molar-refractivity contribution in [3.8, 4) is 0 Å². The Balaban J connectivity index is 2.24. The zero-order valence-corrected chi connectivity index (χ0v) is 13.8. The van der Waals surface area contributed by atoms with Crippen molar-refractivity contribution in [3.05, 3.63) is 29.3 Å². The van der Waals surface area contributed by atoms with Crippen LogP contribution in [-0.2, 0) is 18.8 Å². The van der Waals surface area contributed by atoms with Crippen molar-refractivity contribution < 1.29 is 19.1 Å². The number of amides is 2. The number of esters is 1. The lowest BCUT2D eigenvalue weighted by Gasteiger charge is -2.02. The number of aryl methyl sites for hydroxylation is 2. The Bertz CT molecular complexity index is 791. The molecule has 10 heteroatoms. The molecule has 0 unspecified atom stereocenters. The van der Waals surface area contributed by atoms with Gasteiger partial charge in [0.1, 0.15) is 5.69 Å². The summed E-state index contributed by atoms with van der Waals surface area (Å²) in [6, 6.07) is 1.32. The average molecular weight is 334 g/mol. The van der Waals surface area contributed by atoms with Gasteiger partial charge in [0.2, 0.25) is 0 Å². The molecule has 0 aliphatic rings. The van der Waals surface area contributed by atoms with Crippen LogP contribution >= 0.6 is 0 Å². The Labute approximate surface area is 137 Å². The van der Waals surface area contributed by atoms with Crippen LogP contribution in [0.25, 0.3) is 0 Å². The number of carbonyl (C=O) groups is 3. The van der Waals surface area contributed by atoms with Crippen LogP contribution in [0.3, 0.4) is 0 Å². The van der Waals surface area contributed by atoms with Crippen molar-refractivity contribution in [2.45, 2.75) is 6.92 Å². The van der Waals surface area contributed by atoms with Crippen LogP contribution in [0, 0.1) is 0 Å². The first-order chi connectivity index (χ1) is 11.4. The van der Waals surface area contributed by atoms with Gasteiger partial charge in [0.15, 0.2) is 11.4 Å². The minimum atomic E-state index is -0.570. The molecule has 0 fully saturated rings. The fourth-order valence-corrected chi connectivity index (χ4v) is 2.03. The molecule has 0 saturated heterocycles. The number of ether oxygens (including phenoxy) is 1. The summed E-state index contributed by atoms with van der Waals surface area (Å²) in [5, 5.41) is 13.0. The highest BCUT2D eigenvalue weighted by molar-refractivity contribution is 6.08. The molecule has 0 spiro atoms. The summed E-state index contributed by atoms with van der Waals surface area (Å²) >= 11 is 0. The van der Waals surface area contributed by atoms with E-state index in [9.17, 15) is 14.4 Å². The van der Waals surface area contributed by atoms with E-state index in [4.69, 9.17) is 4.74 Å². The van der Waals surface area contributed by atoms with Crippen molar-refractivity contribution in [1.82, 2.24) is 24.9 Å². The maximum Gasteiger partial charge on any atom is 0.356 e. The predicted octanol–water partition coefficient (Wildman–Crippen LogP) is -0.0578. The zero-order chi connectivity index (χ0) is 17.9. The van der Waals surface area contributed by atoms with Gasteiger partial charge >= 0.3 is 5.97 Å². The molecule has 0 bridgehead atoms. The van der Waals surface area contributed by atoms with Gasteiger partial charge in [0.25, 0.3) is 11.8 Å². The molecule has 0 atom stereocenters. The van der Waals surface area contributed by atoms with Crippen LogP contribution < -0.4 is 10.6 Å². The molecule has 2 N–H and O–H groups in total. The Morgan fingerprint density at radius 2 is 1.92 bits per heavy atom. The van der Waals surface area contributed by atoms with Crippen LogP contribution in [0.2, 0.25) is 0 Å². The third-order valence-electron chi connectivity index (χ3n) is 3.12. The van der Waals surface area contributed by atoms with Crippen molar-refractivity contribution >= 4 is 23.5 Å². The smallest absolute Gasteiger partial charge is 0.356 e. The van der Waals surface area contributed by atoms with Gasteiger partial charge in [-0.3, -0.25) is 19.0 Å². The summed E-state index contributed by atoms with van der Waals surface area (Å²) in [5.74, 6) is -1.57. The maximum absolute atomic E-state index is 12.3. The second-order valence-electron chi connectivity index (χ2n) is 4.86. The van der Waals surface area contributed by atoms with E-state index in [1.165, 1.54) is 35.7 Å². The molecular formula is C14H18N6O4. The molecule has 0 saturated carbocycles. The molecule has 0 aliphatic carbocycles. The number of rotatable bonds is 5. The summed E-state index contributed by atoms with van der Waals surface area (Å²) in [6.45, 7) is 1.90. The molecule has 2 heterocycles. The molecule has 10 nitrogen and oxygen atoms in total. The van der Waals surface area contributed by atoms with Gasteiger partial charge in [-0.25, -0.2) is 4.79 Å². The van der Waals surface area contributed by atoms with Crippen molar-refractivity contribution in [2.24, 2.45) is 14.1 Å². The number of hydrogen-bond donors (Lipinski definition) is 2. The van der Waals surface area contributed by atoms with Gasteiger partial charge in [0.05, 0.1) is 12.3 Å². The first-order valence-corrected chi connectivity index (χ1v) is 7.15. The monoisotopic (exact) mass is 334 g/mol. The highest BCUT2D eigenvalue weighted by Gasteiger charge is 2.21. The van der Waals surface area contributed by atoms with Crippen molar-refractivity contribution in [1.29, 1.82) is 0 Å². The molecule has 2 aromatic rings. The second-order valence-corrected chi connectivity index (χ2v) is 4.86. The van der Waals surface area contributed by atoms with E-state index in [1.807, 2.05) is 0 Å². The van der Waals surface area contributed by atoms with Crippen molar-refractivity contribution in [3.63, 3.8) is 0 Å². The van der Waals surface area contributed by atoms with E-state index in [0.29, 0.717) is 0 Å². The number of carbonyl (C=O) groups excluding carboxylic acids is 3. The van der Waals surface area contributed by atoms with Gasteiger partial charge in [0, 0.05) is 33.4 Å². The molecule has 0 radical (unpaired) electrons.